The number of hydrogen-bond acceptors (Lipinski definition) is 2. The summed E-state index contributed by atoms with van der Waals surface area (Å²) in [5.41, 5.74) is 2.99. The maximum absolute atomic E-state index is 10.7. The van der Waals surface area contributed by atoms with Gasteiger partial charge in [0.15, 0.2) is 6.29 Å². The third-order valence-corrected chi connectivity index (χ3v) is 2.61. The molecule has 0 fully saturated rings. The molecule has 0 bridgehead atoms. The van der Waals surface area contributed by atoms with Gasteiger partial charge < -0.3 is 9.30 Å². The van der Waals surface area contributed by atoms with E-state index >= 15 is 0 Å². The lowest BCUT2D eigenvalue weighted by Crippen LogP contribution is -2.06. The Kier molecular flexibility index (Phi) is 4.56. The van der Waals surface area contributed by atoms with Crippen LogP contribution in [0.4, 0.5) is 0 Å². The van der Waals surface area contributed by atoms with Crippen LogP contribution in [0.5, 0.6) is 0 Å². The highest BCUT2D eigenvalue weighted by Crippen LogP contribution is 2.13. The van der Waals surface area contributed by atoms with E-state index in [1.165, 1.54) is 0 Å². The van der Waals surface area contributed by atoms with Crippen molar-refractivity contribution in [2.45, 2.75) is 33.7 Å². The molecule has 3 nitrogen and oxygen atoms in total. The van der Waals surface area contributed by atoms with Crippen LogP contribution in [0, 0.1) is 13.8 Å². The molecule has 1 heterocycles. The van der Waals surface area contributed by atoms with Crippen LogP contribution in [0.2, 0.25) is 0 Å². The van der Waals surface area contributed by atoms with Gasteiger partial charge in [-0.25, -0.2) is 0 Å². The van der Waals surface area contributed by atoms with Crippen LogP contribution >= 0.6 is 0 Å². The molecule has 0 atom stereocenters. The van der Waals surface area contributed by atoms with Crippen molar-refractivity contribution in [2.75, 3.05) is 13.2 Å². The van der Waals surface area contributed by atoms with E-state index in [4.69, 9.17) is 4.74 Å². The number of hydrogen-bond donors (Lipinski definition) is 0. The molecule has 0 aliphatic carbocycles. The van der Waals surface area contributed by atoms with E-state index in [-0.39, 0.29) is 0 Å². The van der Waals surface area contributed by atoms with Crippen molar-refractivity contribution in [3.8, 4) is 0 Å². The third kappa shape index (κ3) is 2.93. The predicted molar refractivity (Wildman–Crippen MR) is 60.4 cm³/mol. The van der Waals surface area contributed by atoms with E-state index in [0.29, 0.717) is 0 Å². The molecule has 15 heavy (non-hydrogen) atoms. The van der Waals surface area contributed by atoms with Gasteiger partial charge >= 0.3 is 0 Å². The Morgan fingerprint density at radius 2 is 2.20 bits per heavy atom. The van der Waals surface area contributed by atoms with Gasteiger partial charge in [0.2, 0.25) is 0 Å². The van der Waals surface area contributed by atoms with Crippen LogP contribution < -0.4 is 0 Å². The lowest BCUT2D eigenvalue weighted by atomic mass is 10.3. The molecule has 84 valence electrons. The Balaban J connectivity index is 2.60. The number of aromatic nitrogens is 1. The Labute approximate surface area is 91.0 Å². The Morgan fingerprint density at radius 3 is 2.73 bits per heavy atom. The fraction of sp³-hybridized carbons (Fsp3) is 0.583. The smallest absolute Gasteiger partial charge is 0.151 e. The third-order valence-electron chi connectivity index (χ3n) is 2.61. The summed E-state index contributed by atoms with van der Waals surface area (Å²) in [6, 6.07) is 1.93. The summed E-state index contributed by atoms with van der Waals surface area (Å²) in [4.78, 5) is 10.7. The number of carbonyl (C=O) groups excluding carboxylic acids is 1. The van der Waals surface area contributed by atoms with E-state index in [0.717, 1.165) is 49.4 Å². The van der Waals surface area contributed by atoms with Crippen molar-refractivity contribution < 1.29 is 9.53 Å². The summed E-state index contributed by atoms with van der Waals surface area (Å²) in [5, 5.41) is 0. The minimum Gasteiger partial charge on any atom is -0.382 e. The Hall–Kier alpha value is -1.09. The van der Waals surface area contributed by atoms with Crippen molar-refractivity contribution in [1.29, 1.82) is 0 Å². The van der Waals surface area contributed by atoms with Gasteiger partial charge in [0.25, 0.3) is 0 Å². The first-order valence-corrected chi connectivity index (χ1v) is 5.40. The number of carbonyl (C=O) groups is 1. The molecule has 1 aromatic rings. The van der Waals surface area contributed by atoms with Crippen LogP contribution in [-0.2, 0) is 11.3 Å². The van der Waals surface area contributed by atoms with Gasteiger partial charge in [-0.15, -0.1) is 0 Å². The summed E-state index contributed by atoms with van der Waals surface area (Å²) in [6.45, 7) is 8.48. The molecule has 3 heteroatoms. The monoisotopic (exact) mass is 209 g/mol. The fourth-order valence-electron chi connectivity index (χ4n) is 1.76. The first-order chi connectivity index (χ1) is 7.20. The molecule has 0 unspecified atom stereocenters. The molecule has 0 aliphatic heterocycles. The summed E-state index contributed by atoms with van der Waals surface area (Å²) >= 11 is 0. The van der Waals surface area contributed by atoms with E-state index in [1.54, 1.807) is 0 Å². The minimum atomic E-state index is 0.767. The van der Waals surface area contributed by atoms with Crippen LogP contribution in [-0.4, -0.2) is 24.1 Å². The number of aldehydes is 1. The summed E-state index contributed by atoms with van der Waals surface area (Å²) in [5.74, 6) is 0. The molecule has 0 aliphatic rings. The zero-order valence-corrected chi connectivity index (χ0v) is 9.75. The second-order valence-electron chi connectivity index (χ2n) is 3.65. The molecule has 1 rings (SSSR count). The zero-order chi connectivity index (χ0) is 11.3. The average Bonchev–Trinajstić information content (AvgIpc) is 2.50. The van der Waals surface area contributed by atoms with Gasteiger partial charge in [-0.1, -0.05) is 0 Å². The van der Waals surface area contributed by atoms with E-state index in [1.807, 2.05) is 26.8 Å². The fourth-order valence-corrected chi connectivity index (χ4v) is 1.76. The normalized spacial score (nSPS) is 10.6. The number of rotatable bonds is 6. The van der Waals surface area contributed by atoms with E-state index in [9.17, 15) is 4.79 Å². The van der Waals surface area contributed by atoms with Crippen LogP contribution in [0.1, 0.15) is 35.1 Å². The maximum atomic E-state index is 10.7. The molecule has 0 amide bonds. The molecule has 0 radical (unpaired) electrons. The van der Waals surface area contributed by atoms with Gasteiger partial charge in [-0.3, -0.25) is 4.79 Å². The van der Waals surface area contributed by atoms with Gasteiger partial charge in [0, 0.05) is 36.7 Å². The van der Waals surface area contributed by atoms with E-state index in [2.05, 4.69) is 4.57 Å². The lowest BCUT2D eigenvalue weighted by Gasteiger charge is -2.09. The topological polar surface area (TPSA) is 31.2 Å². The maximum Gasteiger partial charge on any atom is 0.151 e. The summed E-state index contributed by atoms with van der Waals surface area (Å²) in [7, 11) is 0. The van der Waals surface area contributed by atoms with Crippen LogP contribution in [0.25, 0.3) is 0 Å². The number of aryl methyl sites for hydroxylation is 1. The van der Waals surface area contributed by atoms with Crippen molar-refractivity contribution >= 4 is 6.29 Å². The SMILES string of the molecule is CCOCCCn1c(C)cc(C=O)c1C. The number of ether oxygens (including phenoxy) is 1. The molecule has 0 spiro atoms. The first-order valence-electron chi connectivity index (χ1n) is 5.40. The highest BCUT2D eigenvalue weighted by molar-refractivity contribution is 5.77. The summed E-state index contributed by atoms with van der Waals surface area (Å²) < 4.78 is 7.45. The van der Waals surface area contributed by atoms with Gasteiger partial charge in [-0.05, 0) is 33.3 Å². The molecule has 0 saturated carbocycles. The molecule has 0 aromatic carbocycles. The van der Waals surface area contributed by atoms with E-state index < -0.39 is 0 Å². The minimum absolute atomic E-state index is 0.767. The summed E-state index contributed by atoms with van der Waals surface area (Å²) in [6.07, 6.45) is 1.91. The van der Waals surface area contributed by atoms with Crippen molar-refractivity contribution in [3.05, 3.63) is 23.0 Å². The van der Waals surface area contributed by atoms with Gasteiger partial charge in [0.05, 0.1) is 0 Å². The zero-order valence-electron chi connectivity index (χ0n) is 9.75. The molecule has 0 saturated heterocycles. The van der Waals surface area contributed by atoms with Crippen molar-refractivity contribution in [2.24, 2.45) is 0 Å². The lowest BCUT2D eigenvalue weighted by molar-refractivity contribution is 0.112. The van der Waals surface area contributed by atoms with Gasteiger partial charge in [-0.2, -0.15) is 0 Å². The Bertz CT molecular complexity index is 329. The van der Waals surface area contributed by atoms with Crippen molar-refractivity contribution in [3.63, 3.8) is 0 Å². The molecule has 1 aromatic heterocycles. The first kappa shape index (κ1) is 12.0. The standard InChI is InChI=1S/C12H19NO2/c1-4-15-7-5-6-13-10(2)8-12(9-14)11(13)3/h8-9H,4-7H2,1-3H3. The molecular weight excluding hydrogens is 190 g/mol. The highest BCUT2D eigenvalue weighted by Gasteiger charge is 2.07. The van der Waals surface area contributed by atoms with Crippen molar-refractivity contribution in [1.82, 2.24) is 4.57 Å². The highest BCUT2D eigenvalue weighted by atomic mass is 16.5. The van der Waals surface area contributed by atoms with Crippen LogP contribution in [0.3, 0.4) is 0 Å². The second-order valence-corrected chi connectivity index (χ2v) is 3.65. The predicted octanol–water partition coefficient (Wildman–Crippen LogP) is 2.34. The van der Waals surface area contributed by atoms with Gasteiger partial charge in [0.1, 0.15) is 0 Å². The average molecular weight is 209 g/mol. The largest absolute Gasteiger partial charge is 0.382 e. The Morgan fingerprint density at radius 1 is 1.47 bits per heavy atom. The second kappa shape index (κ2) is 5.71. The van der Waals surface area contributed by atoms with Crippen LogP contribution in [0.15, 0.2) is 6.07 Å². The molecular formula is C12H19NO2. The quantitative estimate of drug-likeness (QED) is 0.532. The molecule has 0 N–H and O–H groups in total. The number of nitrogens with zero attached hydrogens (tertiary/aromatic N) is 1.